The minimum absolute atomic E-state index is 0.107. The van der Waals surface area contributed by atoms with Gasteiger partial charge >= 0.3 is 0 Å². The van der Waals surface area contributed by atoms with E-state index in [1.165, 1.54) is 12.1 Å². The Morgan fingerprint density at radius 3 is 2.33 bits per heavy atom. The fraction of sp³-hybridized carbons (Fsp3) is 0.667. The average Bonchev–Trinajstić information content (AvgIpc) is 2.94. The Hall–Kier alpha value is -2.58. The summed E-state index contributed by atoms with van der Waals surface area (Å²) >= 11 is 1.84. The quantitative estimate of drug-likeness (QED) is 0.0481. The third-order valence-electron chi connectivity index (χ3n) is 5.63. The first-order chi connectivity index (χ1) is 19.4. The molecule has 1 unspecified atom stereocenters. The molecule has 1 aromatic rings. The molecule has 0 fully saturated rings. The molecule has 230 valence electrons. The van der Waals surface area contributed by atoms with Crippen molar-refractivity contribution in [1.29, 1.82) is 0 Å². The summed E-state index contributed by atoms with van der Waals surface area (Å²) in [5.41, 5.74) is 17.0. The third-order valence-corrected chi connectivity index (χ3v) is 6.53. The number of nitrogens with one attached hydrogen (secondary N) is 5. The van der Waals surface area contributed by atoms with Gasteiger partial charge in [0.1, 0.15) is 5.75 Å². The maximum absolute atomic E-state index is 12.2. The van der Waals surface area contributed by atoms with Gasteiger partial charge in [0.25, 0.3) is 5.91 Å². The van der Waals surface area contributed by atoms with Gasteiger partial charge in [0.15, 0.2) is 0 Å². The zero-order valence-corrected chi connectivity index (χ0v) is 24.8. The van der Waals surface area contributed by atoms with Crippen LogP contribution < -0.4 is 43.8 Å². The van der Waals surface area contributed by atoms with Crippen LogP contribution in [0.4, 0.5) is 5.69 Å². The summed E-state index contributed by atoms with van der Waals surface area (Å²) in [6.07, 6.45) is 5.88. The second kappa shape index (κ2) is 26.6. The highest BCUT2D eigenvalue weighted by Crippen LogP contribution is 2.19. The number of thioether (sulfide) groups is 1. The minimum atomic E-state index is -0.337. The fourth-order valence-electron chi connectivity index (χ4n) is 3.45. The highest BCUT2D eigenvalue weighted by Gasteiger charge is 2.16. The number of phenolic OH excluding ortho intramolecular Hbond substituents is 1. The van der Waals surface area contributed by atoms with Gasteiger partial charge in [0.05, 0.1) is 11.6 Å². The number of benzene rings is 1. The second-order valence-electron chi connectivity index (χ2n) is 8.98. The predicted octanol–water partition coefficient (Wildman–Crippen LogP) is 0.112. The Bertz CT molecular complexity index is 804. The van der Waals surface area contributed by atoms with E-state index in [1.54, 1.807) is 6.07 Å². The van der Waals surface area contributed by atoms with Gasteiger partial charge in [-0.25, -0.2) is 0 Å². The summed E-state index contributed by atoms with van der Waals surface area (Å²) in [4.78, 5) is 33.9. The van der Waals surface area contributed by atoms with E-state index in [2.05, 4.69) is 33.5 Å². The van der Waals surface area contributed by atoms with Crippen molar-refractivity contribution < 1.29 is 19.5 Å². The first-order valence-electron chi connectivity index (χ1n) is 14.1. The predicted molar refractivity (Wildman–Crippen MR) is 165 cm³/mol. The van der Waals surface area contributed by atoms with E-state index >= 15 is 0 Å². The zero-order valence-electron chi connectivity index (χ0n) is 24.0. The Labute approximate surface area is 243 Å². The Morgan fingerprint density at radius 2 is 1.65 bits per heavy atom. The highest BCUT2D eigenvalue weighted by molar-refractivity contribution is 7.99. The van der Waals surface area contributed by atoms with Crippen LogP contribution in [0.25, 0.3) is 0 Å². The molecule has 1 aromatic carbocycles. The lowest BCUT2D eigenvalue weighted by Crippen LogP contribution is -2.45. The zero-order chi connectivity index (χ0) is 29.8. The normalized spacial score (nSPS) is 11.2. The number of aromatic hydroxyl groups is 1. The number of rotatable bonds is 23. The molecule has 0 saturated carbocycles. The lowest BCUT2D eigenvalue weighted by Gasteiger charge is -2.18. The van der Waals surface area contributed by atoms with Crippen molar-refractivity contribution in [3.05, 3.63) is 23.8 Å². The molecule has 12 N–H and O–H groups in total. The number of phenols is 1. The van der Waals surface area contributed by atoms with Crippen molar-refractivity contribution in [3.8, 4) is 5.75 Å². The molecule has 1 rings (SSSR count). The van der Waals surface area contributed by atoms with Gasteiger partial charge in [-0.3, -0.25) is 14.4 Å². The van der Waals surface area contributed by atoms with E-state index in [-0.39, 0.29) is 29.2 Å². The maximum atomic E-state index is 12.2. The van der Waals surface area contributed by atoms with Crippen molar-refractivity contribution in [2.45, 2.75) is 51.5 Å². The first-order valence-corrected chi connectivity index (χ1v) is 15.3. The van der Waals surface area contributed by atoms with Crippen LogP contribution in [0.15, 0.2) is 18.2 Å². The standard InChI is InChI=1S/C15H35N5OS.C12H17N3O3/c1-2-22-13-12-20-15(21)14(19-11-5-8-17)6-3-9-18-10-4-7-16;13-9-3-4-10(11(17)7-9)12(18)15-6-2-1-5-14-8-16/h14,18-19H,2-13,16-17H2,1H3,(H,20,21);3-4,7-8,17H,1-2,5-6,13H2,(H,14,16)(H,15,18). The third kappa shape index (κ3) is 20.3. The molecule has 1 atom stereocenters. The van der Waals surface area contributed by atoms with Crippen LogP contribution in [-0.2, 0) is 9.59 Å². The molecule has 0 aliphatic carbocycles. The highest BCUT2D eigenvalue weighted by atomic mass is 32.2. The van der Waals surface area contributed by atoms with Gasteiger partial charge in [-0.1, -0.05) is 6.92 Å². The number of nitrogen functional groups attached to an aromatic ring is 1. The lowest BCUT2D eigenvalue weighted by molar-refractivity contribution is -0.123. The average molecular weight is 585 g/mol. The molecule has 40 heavy (non-hydrogen) atoms. The summed E-state index contributed by atoms with van der Waals surface area (Å²) in [6, 6.07) is 4.26. The molecule has 0 aliphatic rings. The monoisotopic (exact) mass is 584 g/mol. The Balaban J connectivity index is 0.000000774. The molecule has 0 aliphatic heterocycles. The van der Waals surface area contributed by atoms with Crippen molar-refractivity contribution in [2.75, 3.05) is 69.6 Å². The molecular weight excluding hydrogens is 532 g/mol. The van der Waals surface area contributed by atoms with Gasteiger partial charge in [0, 0.05) is 37.1 Å². The molecule has 12 nitrogen and oxygen atoms in total. The van der Waals surface area contributed by atoms with Gasteiger partial charge < -0.3 is 48.9 Å². The summed E-state index contributed by atoms with van der Waals surface area (Å²) in [5.74, 6) is 1.70. The van der Waals surface area contributed by atoms with Gasteiger partial charge in [-0.2, -0.15) is 11.8 Å². The molecule has 0 spiro atoms. The molecule has 0 saturated heterocycles. The number of carbonyl (C=O) groups excluding carboxylic acids is 3. The van der Waals surface area contributed by atoms with Crippen LogP contribution >= 0.6 is 11.8 Å². The van der Waals surface area contributed by atoms with Crippen LogP contribution in [0, 0.1) is 0 Å². The summed E-state index contributed by atoms with van der Waals surface area (Å²) in [6.45, 7) is 7.97. The van der Waals surface area contributed by atoms with Crippen LogP contribution in [0.3, 0.4) is 0 Å². The molecule has 3 amide bonds. The first kappa shape index (κ1) is 37.4. The SMILES string of the molecule is CCSCCNC(=O)C(CCCNCCCN)NCCCN.Nc1ccc(C(=O)NCCCCNC=O)c(O)c1. The Morgan fingerprint density at radius 1 is 0.950 bits per heavy atom. The molecule has 13 heteroatoms. The molecule has 0 bridgehead atoms. The largest absolute Gasteiger partial charge is 0.507 e. The van der Waals surface area contributed by atoms with Crippen LogP contribution in [0.5, 0.6) is 5.75 Å². The van der Waals surface area contributed by atoms with Crippen molar-refractivity contribution in [3.63, 3.8) is 0 Å². The van der Waals surface area contributed by atoms with Gasteiger partial charge in [-0.15, -0.1) is 0 Å². The van der Waals surface area contributed by atoms with Crippen LogP contribution in [0.2, 0.25) is 0 Å². The number of hydrogen-bond donors (Lipinski definition) is 9. The second-order valence-corrected chi connectivity index (χ2v) is 10.4. The van der Waals surface area contributed by atoms with Gasteiger partial charge in [-0.05, 0) is 89.1 Å². The number of carbonyl (C=O) groups is 3. The summed E-state index contributed by atoms with van der Waals surface area (Å²) in [7, 11) is 0. The maximum Gasteiger partial charge on any atom is 0.255 e. The summed E-state index contributed by atoms with van der Waals surface area (Å²) in [5, 5.41) is 24.4. The Kier molecular flexibility index (Phi) is 24.9. The van der Waals surface area contributed by atoms with E-state index in [0.717, 1.165) is 76.2 Å². The number of anilines is 1. The minimum Gasteiger partial charge on any atom is -0.507 e. The number of hydrogen-bond acceptors (Lipinski definition) is 10. The van der Waals surface area contributed by atoms with E-state index in [4.69, 9.17) is 17.2 Å². The van der Waals surface area contributed by atoms with E-state index < -0.39 is 0 Å². The van der Waals surface area contributed by atoms with Gasteiger partial charge in [0.2, 0.25) is 12.3 Å². The van der Waals surface area contributed by atoms with E-state index in [1.807, 2.05) is 11.8 Å². The lowest BCUT2D eigenvalue weighted by atomic mass is 10.1. The molecule has 0 heterocycles. The fourth-order valence-corrected chi connectivity index (χ4v) is 3.99. The van der Waals surface area contributed by atoms with Crippen molar-refractivity contribution >= 4 is 35.7 Å². The number of unbranched alkanes of at least 4 members (excludes halogenated alkanes) is 1. The van der Waals surface area contributed by atoms with E-state index in [0.29, 0.717) is 38.3 Å². The van der Waals surface area contributed by atoms with Crippen molar-refractivity contribution in [2.24, 2.45) is 11.5 Å². The topological polar surface area (TPSA) is 210 Å². The number of nitrogens with two attached hydrogens (primary N) is 3. The number of amides is 3. The van der Waals surface area contributed by atoms with Crippen molar-refractivity contribution in [1.82, 2.24) is 26.6 Å². The molecule has 0 radical (unpaired) electrons. The molecular formula is C27H52N8O4S. The van der Waals surface area contributed by atoms with E-state index in [9.17, 15) is 19.5 Å². The summed E-state index contributed by atoms with van der Waals surface area (Å²) < 4.78 is 0. The molecule has 0 aromatic heterocycles. The smallest absolute Gasteiger partial charge is 0.255 e. The van der Waals surface area contributed by atoms with Crippen LogP contribution in [0.1, 0.15) is 55.8 Å². The van der Waals surface area contributed by atoms with Crippen LogP contribution in [-0.4, -0.2) is 93.2 Å².